The van der Waals surface area contributed by atoms with Crippen LogP contribution in [0, 0.1) is 23.7 Å². The van der Waals surface area contributed by atoms with Gasteiger partial charge in [-0.15, -0.1) is 11.8 Å². The molecule has 0 aromatic heterocycles. The Morgan fingerprint density at radius 3 is 0.979 bits per heavy atom. The lowest BCUT2D eigenvalue weighted by molar-refractivity contribution is -0.150. The highest BCUT2D eigenvalue weighted by atomic mass is 32.2. The van der Waals surface area contributed by atoms with Crippen molar-refractivity contribution in [3.8, 4) is 11.5 Å². The topological polar surface area (TPSA) is 115 Å². The summed E-state index contributed by atoms with van der Waals surface area (Å²) in [7, 11) is 0. The fourth-order valence-electron chi connectivity index (χ4n) is 8.22. The predicted octanol–water partition coefficient (Wildman–Crippen LogP) is 9.59. The number of phenols is 2. The molecule has 2 aliphatic rings. The summed E-state index contributed by atoms with van der Waals surface area (Å²) < 4.78 is -1.90. The second-order valence-electron chi connectivity index (χ2n) is 18.7. The fourth-order valence-corrected chi connectivity index (χ4v) is 11.0. The van der Waals surface area contributed by atoms with Gasteiger partial charge in [0.1, 0.15) is 11.5 Å². The second kappa shape index (κ2) is 11.5. The first-order valence-corrected chi connectivity index (χ1v) is 17.8. The zero-order valence-corrected chi connectivity index (χ0v) is 31.9. The van der Waals surface area contributed by atoms with Crippen molar-refractivity contribution in [3.63, 3.8) is 0 Å². The van der Waals surface area contributed by atoms with Gasteiger partial charge in [0, 0.05) is 0 Å². The van der Waals surface area contributed by atoms with E-state index < -0.39 is 54.9 Å². The third kappa shape index (κ3) is 6.19. The van der Waals surface area contributed by atoms with E-state index in [-0.39, 0.29) is 23.3 Å². The van der Waals surface area contributed by atoms with Gasteiger partial charge in [-0.1, -0.05) is 121 Å². The molecule has 0 spiro atoms. The first kappa shape index (κ1) is 37.2. The molecule has 6 unspecified atom stereocenters. The van der Waals surface area contributed by atoms with Gasteiger partial charge < -0.3 is 20.4 Å². The van der Waals surface area contributed by atoms with Crippen LogP contribution in [0.4, 0.5) is 0 Å². The van der Waals surface area contributed by atoms with E-state index in [0.29, 0.717) is 12.8 Å². The van der Waals surface area contributed by atoms with Crippen LogP contribution < -0.4 is 0 Å². The Balaban J connectivity index is 2.13. The maximum atomic E-state index is 13.2. The van der Waals surface area contributed by atoms with Crippen LogP contribution in [-0.2, 0) is 40.7 Å². The summed E-state index contributed by atoms with van der Waals surface area (Å²) in [5.74, 6) is -3.12. The fraction of sp³-hybridized carbons (Fsp3) is 0.650. The minimum Gasteiger partial charge on any atom is -0.507 e. The molecule has 4 rings (SSSR count). The molecule has 6 atom stereocenters. The monoisotopic (exact) mass is 666 g/mol. The Kier molecular flexibility index (Phi) is 9.05. The van der Waals surface area contributed by atoms with E-state index in [9.17, 15) is 30.0 Å². The van der Waals surface area contributed by atoms with Crippen LogP contribution in [0.5, 0.6) is 11.5 Å². The van der Waals surface area contributed by atoms with Crippen LogP contribution in [0.1, 0.15) is 143 Å². The molecule has 7 heteroatoms. The average molecular weight is 667 g/mol. The van der Waals surface area contributed by atoms with Crippen molar-refractivity contribution in [2.75, 3.05) is 0 Å². The van der Waals surface area contributed by atoms with Crippen molar-refractivity contribution in [1.29, 1.82) is 0 Å². The molecule has 0 radical (unpaired) electrons. The molecule has 4 N–H and O–H groups in total. The van der Waals surface area contributed by atoms with Crippen LogP contribution in [-0.4, -0.2) is 32.4 Å². The quantitative estimate of drug-likeness (QED) is 0.243. The molecule has 47 heavy (non-hydrogen) atoms. The molecule has 2 aromatic carbocycles. The molecule has 0 amide bonds. The van der Waals surface area contributed by atoms with Crippen LogP contribution in [0.2, 0.25) is 0 Å². The van der Waals surface area contributed by atoms with Crippen LogP contribution >= 0.6 is 11.8 Å². The van der Waals surface area contributed by atoms with Crippen molar-refractivity contribution in [2.24, 2.45) is 23.7 Å². The largest absolute Gasteiger partial charge is 0.507 e. The van der Waals surface area contributed by atoms with Gasteiger partial charge in [0.15, 0.2) is 0 Å². The number of carboxylic acid groups (broad SMARTS) is 2. The van der Waals surface area contributed by atoms with E-state index in [1.807, 2.05) is 121 Å². The number of phenolic OH excluding ortho intramolecular Hbond substituents is 2. The Labute approximate surface area is 286 Å². The van der Waals surface area contributed by atoms with Gasteiger partial charge in [-0.05, 0) is 79.7 Å². The Bertz CT molecular complexity index is 1390. The lowest BCUT2D eigenvalue weighted by Crippen LogP contribution is -2.59. The lowest BCUT2D eigenvalue weighted by atomic mass is 9.60. The predicted molar refractivity (Wildman–Crippen MR) is 192 cm³/mol. The van der Waals surface area contributed by atoms with E-state index >= 15 is 0 Å². The summed E-state index contributed by atoms with van der Waals surface area (Å²) in [5.41, 5.74) is 2.98. The van der Waals surface area contributed by atoms with E-state index in [0.717, 1.165) is 33.4 Å². The molecular weight excluding hydrogens is 609 g/mol. The van der Waals surface area contributed by atoms with Gasteiger partial charge in [-0.2, -0.15) is 0 Å². The maximum Gasteiger partial charge on any atom is 0.308 e. The van der Waals surface area contributed by atoms with Crippen LogP contribution in [0.25, 0.3) is 0 Å². The summed E-state index contributed by atoms with van der Waals surface area (Å²) in [6, 6.07) is 7.96. The second-order valence-corrected chi connectivity index (χ2v) is 20.4. The van der Waals surface area contributed by atoms with Crippen molar-refractivity contribution in [2.45, 2.75) is 141 Å². The average Bonchev–Trinajstić information content (AvgIpc) is 2.83. The number of carboxylic acids is 2. The molecule has 0 saturated heterocycles. The van der Waals surface area contributed by atoms with Crippen molar-refractivity contribution in [3.05, 3.63) is 57.6 Å². The van der Waals surface area contributed by atoms with Gasteiger partial charge in [0.25, 0.3) is 0 Å². The van der Waals surface area contributed by atoms with Crippen molar-refractivity contribution >= 4 is 23.7 Å². The Hall–Kier alpha value is -2.67. The summed E-state index contributed by atoms with van der Waals surface area (Å²) in [6.07, 6.45) is 1.12. The van der Waals surface area contributed by atoms with Gasteiger partial charge in [-0.25, -0.2) is 0 Å². The van der Waals surface area contributed by atoms with Crippen LogP contribution in [0.15, 0.2) is 24.3 Å². The number of benzene rings is 2. The smallest absolute Gasteiger partial charge is 0.308 e. The highest BCUT2D eigenvalue weighted by Gasteiger charge is 2.66. The van der Waals surface area contributed by atoms with Gasteiger partial charge >= 0.3 is 11.9 Å². The number of hydrogen-bond donors (Lipinski definition) is 4. The molecule has 0 heterocycles. The Morgan fingerprint density at radius 2 is 0.809 bits per heavy atom. The third-order valence-corrected chi connectivity index (χ3v) is 12.8. The summed E-state index contributed by atoms with van der Waals surface area (Å²) in [6.45, 7) is 28.5. The molecule has 2 saturated carbocycles. The highest BCUT2D eigenvalue weighted by Crippen LogP contribution is 2.72. The normalized spacial score (nSPS) is 28.4. The van der Waals surface area contributed by atoms with E-state index in [4.69, 9.17) is 0 Å². The standard InChI is InChI=1S/C40H58O6S/c1-21-19-39(29(21)33(43)44,23-15-25(35(3,4)5)31(41)26(16-23)36(6,7)8)47-40(20-22(2)30(40)34(45)46)24-17-27(37(9,10)11)32(42)28(18-24)38(12,13)14/h15-18,21-22,29-30,41-42H,19-20H2,1-14H3,(H,43,44)(H,45,46). The number of thioether (sulfide) groups is 1. The summed E-state index contributed by atoms with van der Waals surface area (Å²) >= 11 is 1.52. The minimum atomic E-state index is -0.950. The number of hydrogen-bond acceptors (Lipinski definition) is 5. The highest BCUT2D eigenvalue weighted by molar-refractivity contribution is 8.01. The van der Waals surface area contributed by atoms with Crippen LogP contribution in [0.3, 0.4) is 0 Å². The molecule has 2 fully saturated rings. The maximum absolute atomic E-state index is 13.2. The zero-order valence-electron chi connectivity index (χ0n) is 31.0. The SMILES string of the molecule is CC1CC(SC2(c3cc(C(C)(C)C)c(O)c(C(C)(C)C)c3)CC(C)C2C(=O)O)(c2cc(C(C)(C)C)c(O)c(C(C)(C)C)c2)C1C(=O)O. The molecule has 2 aromatic rings. The zero-order chi connectivity index (χ0) is 36.0. The summed E-state index contributed by atoms with van der Waals surface area (Å²) in [5, 5.41) is 44.9. The van der Waals surface area contributed by atoms with E-state index in [2.05, 4.69) is 0 Å². The number of rotatable bonds is 6. The van der Waals surface area contributed by atoms with E-state index in [1.165, 1.54) is 11.8 Å². The molecule has 0 aliphatic heterocycles. The molecule has 260 valence electrons. The third-order valence-electron chi connectivity index (χ3n) is 10.7. The van der Waals surface area contributed by atoms with E-state index in [1.54, 1.807) is 0 Å². The molecule has 0 bridgehead atoms. The lowest BCUT2D eigenvalue weighted by Gasteiger charge is -2.61. The number of aliphatic carboxylic acids is 2. The number of aromatic hydroxyl groups is 2. The molecule has 6 nitrogen and oxygen atoms in total. The van der Waals surface area contributed by atoms with Gasteiger partial charge in [0.2, 0.25) is 0 Å². The first-order valence-electron chi connectivity index (χ1n) is 17.0. The first-order chi connectivity index (χ1) is 21.1. The van der Waals surface area contributed by atoms with Crippen molar-refractivity contribution < 1.29 is 30.0 Å². The van der Waals surface area contributed by atoms with Gasteiger partial charge in [-0.3, -0.25) is 9.59 Å². The number of carbonyl (C=O) groups is 2. The van der Waals surface area contributed by atoms with Gasteiger partial charge in [0.05, 0.1) is 21.3 Å². The minimum absolute atomic E-state index is 0.127. The molecular formula is C40H58O6S. The summed E-state index contributed by atoms with van der Waals surface area (Å²) in [4.78, 5) is 26.4. The Morgan fingerprint density at radius 1 is 0.574 bits per heavy atom. The van der Waals surface area contributed by atoms with Crippen molar-refractivity contribution in [1.82, 2.24) is 0 Å². The molecule has 2 aliphatic carbocycles.